The SMILES string of the molecule is Cc1cccc2c1[NH+]=C1C3=C(C(=O)c4ccccc4C3=O)C(NCCN3CCCC[C@@H]3C)=CC1O2. The van der Waals surface area contributed by atoms with Gasteiger partial charge >= 0.3 is 0 Å². The first-order valence-electron chi connectivity index (χ1n) is 12.6. The number of Topliss-reactive ketones (excluding diaryl/α,β-unsaturated/α-hetero) is 2. The van der Waals surface area contributed by atoms with Crippen LogP contribution in [0.3, 0.4) is 0 Å². The van der Waals surface area contributed by atoms with Gasteiger partial charge in [-0.25, -0.2) is 4.99 Å². The fourth-order valence-corrected chi connectivity index (χ4v) is 5.72. The van der Waals surface area contributed by atoms with Gasteiger partial charge in [0.1, 0.15) is 5.57 Å². The lowest BCUT2D eigenvalue weighted by atomic mass is 9.76. The van der Waals surface area contributed by atoms with E-state index in [-0.39, 0.29) is 11.6 Å². The monoisotopic (exact) mass is 468 g/mol. The number of likely N-dealkylation sites (tertiary alicyclic amines) is 1. The zero-order valence-electron chi connectivity index (χ0n) is 20.2. The van der Waals surface area contributed by atoms with Crippen molar-refractivity contribution in [3.8, 4) is 5.75 Å². The molecular formula is C29H30N3O3+. The normalized spacial score (nSPS) is 23.4. The number of nitrogens with zero attached hydrogens (tertiary/aromatic N) is 1. The van der Waals surface area contributed by atoms with Crippen LogP contribution in [-0.2, 0) is 0 Å². The van der Waals surface area contributed by atoms with Crippen molar-refractivity contribution >= 4 is 23.0 Å². The molecule has 0 radical (unpaired) electrons. The van der Waals surface area contributed by atoms with E-state index in [1.54, 1.807) is 18.2 Å². The van der Waals surface area contributed by atoms with E-state index in [4.69, 9.17) is 4.74 Å². The van der Waals surface area contributed by atoms with Crippen LogP contribution in [0.25, 0.3) is 0 Å². The number of fused-ring (bicyclic) bond motifs is 4. The third-order valence-corrected chi connectivity index (χ3v) is 7.66. The molecule has 2 N–H and O–H groups in total. The third kappa shape index (κ3) is 3.64. The molecule has 35 heavy (non-hydrogen) atoms. The summed E-state index contributed by atoms with van der Waals surface area (Å²) < 4.78 is 6.36. The van der Waals surface area contributed by atoms with Gasteiger partial charge in [-0.3, -0.25) is 14.5 Å². The Hall–Kier alpha value is -3.51. The number of allylic oxidation sites excluding steroid dienone is 1. The van der Waals surface area contributed by atoms with Crippen molar-refractivity contribution < 1.29 is 19.3 Å². The van der Waals surface area contributed by atoms with Crippen molar-refractivity contribution in [2.75, 3.05) is 19.6 Å². The topological polar surface area (TPSA) is 72.6 Å². The van der Waals surface area contributed by atoms with Gasteiger partial charge in [-0.1, -0.05) is 42.8 Å². The van der Waals surface area contributed by atoms with Gasteiger partial charge in [0.25, 0.3) is 0 Å². The number of para-hydroxylation sites is 1. The van der Waals surface area contributed by atoms with E-state index >= 15 is 0 Å². The van der Waals surface area contributed by atoms with Crippen LogP contribution in [0.4, 0.5) is 5.69 Å². The molecule has 1 saturated heterocycles. The molecular weight excluding hydrogens is 438 g/mol. The summed E-state index contributed by atoms with van der Waals surface area (Å²) in [6.45, 7) is 6.97. The maximum absolute atomic E-state index is 13.8. The summed E-state index contributed by atoms with van der Waals surface area (Å²) in [5, 5.41) is 3.51. The molecule has 6 rings (SSSR count). The first-order valence-corrected chi connectivity index (χ1v) is 12.6. The van der Waals surface area contributed by atoms with Gasteiger partial charge in [-0.05, 0) is 45.4 Å². The van der Waals surface area contributed by atoms with Crippen LogP contribution in [0.15, 0.2) is 65.4 Å². The molecule has 0 bridgehead atoms. The highest BCUT2D eigenvalue weighted by atomic mass is 16.5. The summed E-state index contributed by atoms with van der Waals surface area (Å²) in [5.41, 5.74) is 4.96. The lowest BCUT2D eigenvalue weighted by Crippen LogP contribution is -2.74. The molecule has 2 heterocycles. The van der Waals surface area contributed by atoms with E-state index < -0.39 is 6.10 Å². The zero-order valence-corrected chi connectivity index (χ0v) is 20.2. The smallest absolute Gasteiger partial charge is 0.249 e. The van der Waals surface area contributed by atoms with Gasteiger partial charge in [0.2, 0.25) is 23.3 Å². The van der Waals surface area contributed by atoms with E-state index in [1.165, 1.54) is 19.3 Å². The second kappa shape index (κ2) is 8.61. The average Bonchev–Trinajstić information content (AvgIpc) is 2.87. The number of ether oxygens (including phenoxy) is 1. The lowest BCUT2D eigenvalue weighted by molar-refractivity contribution is -0.363. The number of benzene rings is 2. The molecule has 6 heteroatoms. The third-order valence-electron chi connectivity index (χ3n) is 7.66. The van der Waals surface area contributed by atoms with Gasteiger partial charge in [0.05, 0.1) is 5.57 Å². The number of hydrogen-bond acceptors (Lipinski definition) is 5. The number of carbonyl (C=O) groups excluding carboxylic acids is 2. The molecule has 4 aliphatic rings. The Kier molecular flexibility index (Phi) is 5.41. The second-order valence-electron chi connectivity index (χ2n) is 9.87. The van der Waals surface area contributed by atoms with Crippen molar-refractivity contribution in [1.29, 1.82) is 0 Å². The number of carbonyl (C=O) groups is 2. The van der Waals surface area contributed by atoms with Crippen molar-refractivity contribution in [1.82, 2.24) is 10.2 Å². The maximum Gasteiger partial charge on any atom is 0.249 e. The number of aryl methyl sites for hydroxylation is 1. The fourth-order valence-electron chi connectivity index (χ4n) is 5.72. The van der Waals surface area contributed by atoms with Gasteiger partial charge in [0, 0.05) is 41.5 Å². The van der Waals surface area contributed by atoms with Gasteiger partial charge in [-0.2, -0.15) is 0 Å². The molecule has 178 valence electrons. The highest BCUT2D eigenvalue weighted by Gasteiger charge is 2.46. The van der Waals surface area contributed by atoms with Gasteiger partial charge in [0.15, 0.2) is 11.5 Å². The van der Waals surface area contributed by atoms with Crippen LogP contribution in [0.2, 0.25) is 0 Å². The molecule has 2 atom stereocenters. The van der Waals surface area contributed by atoms with Crippen molar-refractivity contribution in [3.05, 3.63) is 82.1 Å². The molecule has 0 spiro atoms. The van der Waals surface area contributed by atoms with Gasteiger partial charge < -0.3 is 10.1 Å². The number of piperidine rings is 1. The van der Waals surface area contributed by atoms with Crippen molar-refractivity contribution in [2.45, 2.75) is 45.3 Å². The Morgan fingerprint density at radius 3 is 2.57 bits per heavy atom. The lowest BCUT2D eigenvalue weighted by Gasteiger charge is -2.34. The minimum atomic E-state index is -0.471. The highest BCUT2D eigenvalue weighted by molar-refractivity contribution is 6.39. The Morgan fingerprint density at radius 2 is 1.80 bits per heavy atom. The predicted molar refractivity (Wildman–Crippen MR) is 134 cm³/mol. The van der Waals surface area contributed by atoms with Crippen molar-refractivity contribution in [2.24, 2.45) is 0 Å². The van der Waals surface area contributed by atoms with E-state index in [2.05, 4.69) is 22.1 Å². The van der Waals surface area contributed by atoms with Crippen molar-refractivity contribution in [3.63, 3.8) is 0 Å². The summed E-state index contributed by atoms with van der Waals surface area (Å²) in [6.07, 6.45) is 5.21. The van der Waals surface area contributed by atoms with E-state index in [9.17, 15) is 9.59 Å². The zero-order chi connectivity index (χ0) is 24.1. The molecule has 0 saturated carbocycles. The largest absolute Gasteiger partial charge is 0.468 e. The summed E-state index contributed by atoms with van der Waals surface area (Å²) in [7, 11) is 0. The molecule has 2 aromatic carbocycles. The highest BCUT2D eigenvalue weighted by Crippen LogP contribution is 2.36. The first-order chi connectivity index (χ1) is 17.0. The average molecular weight is 469 g/mol. The minimum absolute atomic E-state index is 0.122. The number of hydrogen-bond donors (Lipinski definition) is 2. The van der Waals surface area contributed by atoms with Gasteiger partial charge in [-0.15, -0.1) is 0 Å². The molecule has 0 amide bonds. The quantitative estimate of drug-likeness (QED) is 0.722. The van der Waals surface area contributed by atoms with E-state index in [0.717, 1.165) is 30.1 Å². The van der Waals surface area contributed by atoms with Crippen LogP contribution in [0, 0.1) is 6.92 Å². The second-order valence-corrected chi connectivity index (χ2v) is 9.87. The Morgan fingerprint density at radius 1 is 1.03 bits per heavy atom. The van der Waals surface area contributed by atoms with Crippen LogP contribution in [-0.4, -0.2) is 54.0 Å². The Balaban J connectivity index is 1.40. The molecule has 6 nitrogen and oxygen atoms in total. The number of ketones is 2. The molecule has 1 fully saturated rings. The fraction of sp³-hybridized carbons (Fsp3) is 0.345. The summed E-state index contributed by atoms with van der Waals surface area (Å²) >= 11 is 0. The minimum Gasteiger partial charge on any atom is -0.468 e. The Labute approximate surface area is 205 Å². The van der Waals surface area contributed by atoms with Crippen LogP contribution < -0.4 is 15.0 Å². The van der Waals surface area contributed by atoms with Crippen LogP contribution in [0.5, 0.6) is 5.75 Å². The Bertz CT molecular complexity index is 1340. The van der Waals surface area contributed by atoms with Crippen LogP contribution in [0.1, 0.15) is 52.5 Å². The molecule has 2 aliphatic heterocycles. The molecule has 0 aromatic heterocycles. The molecule has 1 unspecified atom stereocenters. The molecule has 2 aliphatic carbocycles. The summed E-state index contributed by atoms with van der Waals surface area (Å²) in [4.78, 5) is 33.5. The predicted octanol–water partition coefficient (Wildman–Crippen LogP) is 2.65. The maximum atomic E-state index is 13.8. The van der Waals surface area contributed by atoms with E-state index in [0.29, 0.717) is 46.3 Å². The number of rotatable bonds is 4. The summed E-state index contributed by atoms with van der Waals surface area (Å²) in [6, 6.07) is 13.6. The number of nitrogens with one attached hydrogen (secondary N) is 2. The summed E-state index contributed by atoms with van der Waals surface area (Å²) in [5.74, 6) is 0.486. The van der Waals surface area contributed by atoms with Crippen LogP contribution >= 0.6 is 0 Å². The first kappa shape index (κ1) is 22.0. The van der Waals surface area contributed by atoms with E-state index in [1.807, 2.05) is 37.3 Å². The molecule has 2 aromatic rings. The standard InChI is InChI=1S/C29H29N3O3/c1-17-8-7-12-22-26(17)31-27-23(35-22)16-21(30-13-15-32-14-6-5-9-18(32)2)24-25(27)29(34)20-11-4-3-10-19(20)28(24)33/h3-4,7-8,10-12,16,18,23,30H,5-6,9,13-15H2,1-2H3/p+1/t18-,23?/m0/s1.